The topological polar surface area (TPSA) is 40.5 Å². The fourth-order valence-corrected chi connectivity index (χ4v) is 5.21. The molecule has 1 saturated carbocycles. The van der Waals surface area contributed by atoms with E-state index in [0.717, 1.165) is 25.7 Å². The third-order valence-corrected chi connectivity index (χ3v) is 6.57. The van der Waals surface area contributed by atoms with E-state index in [9.17, 15) is 10.2 Å². The maximum Gasteiger partial charge on any atom is 0.131 e. The first-order valence-electron chi connectivity index (χ1n) is 8.21. The Bertz CT molecular complexity index is 711. The second kappa shape index (κ2) is 4.40. The summed E-state index contributed by atoms with van der Waals surface area (Å²) in [6, 6.07) is 5.72. The molecular formula is C20H22O2. The van der Waals surface area contributed by atoms with Crippen LogP contribution in [-0.4, -0.2) is 15.8 Å². The maximum atomic E-state index is 10.9. The van der Waals surface area contributed by atoms with E-state index in [1.165, 1.54) is 16.7 Å². The van der Waals surface area contributed by atoms with Crippen molar-refractivity contribution in [1.82, 2.24) is 0 Å². The van der Waals surface area contributed by atoms with Crippen molar-refractivity contribution in [2.45, 2.75) is 44.6 Å². The minimum atomic E-state index is -0.963. The van der Waals surface area contributed by atoms with Gasteiger partial charge in [0, 0.05) is 5.41 Å². The Morgan fingerprint density at radius 2 is 2.14 bits per heavy atom. The highest BCUT2D eigenvalue weighted by Gasteiger charge is 2.59. The van der Waals surface area contributed by atoms with Crippen LogP contribution in [0.25, 0.3) is 5.57 Å². The standard InChI is InChI=1S/C20H22O2/c1-3-20(22)11-9-18-17-6-4-13-12-14(21)5-7-15(13)16(17)8-10-19(18,20)2/h1,5,7-8,12,17-18,21-22H,4,6,9-11H2,2H3/t17-,18+,19?,20+/m1/s1. The number of aromatic hydroxyl groups is 1. The summed E-state index contributed by atoms with van der Waals surface area (Å²) in [5.41, 5.74) is 2.77. The predicted octanol–water partition coefficient (Wildman–Crippen LogP) is 3.52. The number of phenolic OH excluding ortho intramolecular Hbond substituents is 1. The minimum Gasteiger partial charge on any atom is -0.508 e. The summed E-state index contributed by atoms with van der Waals surface area (Å²) in [5.74, 6) is 3.98. The van der Waals surface area contributed by atoms with E-state index in [1.54, 1.807) is 6.07 Å². The van der Waals surface area contributed by atoms with Crippen LogP contribution in [0.5, 0.6) is 5.75 Å². The molecule has 2 nitrogen and oxygen atoms in total. The molecule has 114 valence electrons. The molecule has 1 unspecified atom stereocenters. The van der Waals surface area contributed by atoms with Gasteiger partial charge in [-0.15, -0.1) is 6.42 Å². The van der Waals surface area contributed by atoms with E-state index in [-0.39, 0.29) is 5.41 Å². The van der Waals surface area contributed by atoms with Gasteiger partial charge in [0.05, 0.1) is 0 Å². The third-order valence-electron chi connectivity index (χ3n) is 6.57. The molecule has 0 saturated heterocycles. The van der Waals surface area contributed by atoms with E-state index >= 15 is 0 Å². The minimum absolute atomic E-state index is 0.204. The molecule has 0 spiro atoms. The SMILES string of the molecule is C#C[C@]1(O)CC[C@H]2[C@@H]3CCc4cc(O)ccc4C3=CCC21C. The van der Waals surface area contributed by atoms with Gasteiger partial charge in [0.15, 0.2) is 0 Å². The summed E-state index contributed by atoms with van der Waals surface area (Å²) >= 11 is 0. The van der Waals surface area contributed by atoms with E-state index in [0.29, 0.717) is 24.0 Å². The summed E-state index contributed by atoms with van der Waals surface area (Å²) in [5, 5.41) is 20.6. The largest absolute Gasteiger partial charge is 0.508 e. The van der Waals surface area contributed by atoms with E-state index in [1.807, 2.05) is 12.1 Å². The predicted molar refractivity (Wildman–Crippen MR) is 87.1 cm³/mol. The third kappa shape index (κ3) is 1.61. The van der Waals surface area contributed by atoms with Crippen LogP contribution >= 0.6 is 0 Å². The van der Waals surface area contributed by atoms with Gasteiger partial charge in [-0.1, -0.05) is 25.0 Å². The molecule has 0 aromatic heterocycles. The summed E-state index contributed by atoms with van der Waals surface area (Å²) in [6.45, 7) is 2.17. The second-order valence-corrected chi connectivity index (χ2v) is 7.42. The Morgan fingerprint density at radius 3 is 2.91 bits per heavy atom. The van der Waals surface area contributed by atoms with Crippen LogP contribution in [-0.2, 0) is 6.42 Å². The van der Waals surface area contributed by atoms with Crippen LogP contribution in [0.1, 0.15) is 43.7 Å². The molecule has 1 aromatic carbocycles. The monoisotopic (exact) mass is 294 g/mol. The van der Waals surface area contributed by atoms with Crippen molar-refractivity contribution in [3.63, 3.8) is 0 Å². The van der Waals surface area contributed by atoms with Gasteiger partial charge in [-0.2, -0.15) is 0 Å². The highest BCUT2D eigenvalue weighted by atomic mass is 16.3. The molecular weight excluding hydrogens is 272 g/mol. The highest BCUT2D eigenvalue weighted by Crippen LogP contribution is 2.62. The smallest absolute Gasteiger partial charge is 0.131 e. The van der Waals surface area contributed by atoms with Crippen molar-refractivity contribution >= 4 is 5.57 Å². The lowest BCUT2D eigenvalue weighted by atomic mass is 9.57. The molecule has 4 atom stereocenters. The van der Waals surface area contributed by atoms with Gasteiger partial charge in [0.2, 0.25) is 0 Å². The molecule has 3 aliphatic carbocycles. The van der Waals surface area contributed by atoms with Crippen molar-refractivity contribution in [3.8, 4) is 18.1 Å². The van der Waals surface area contributed by atoms with Crippen LogP contribution in [0.2, 0.25) is 0 Å². The normalized spacial score (nSPS) is 39.2. The van der Waals surface area contributed by atoms with Gasteiger partial charge < -0.3 is 10.2 Å². The number of benzene rings is 1. The first-order valence-corrected chi connectivity index (χ1v) is 8.21. The number of phenols is 1. The molecule has 2 heteroatoms. The quantitative estimate of drug-likeness (QED) is 0.719. The molecule has 0 heterocycles. The molecule has 1 aromatic rings. The van der Waals surface area contributed by atoms with Crippen LogP contribution in [0.4, 0.5) is 0 Å². The summed E-state index contributed by atoms with van der Waals surface area (Å²) in [7, 11) is 0. The van der Waals surface area contributed by atoms with Gasteiger partial charge in [0.1, 0.15) is 11.4 Å². The Kier molecular flexibility index (Phi) is 2.78. The van der Waals surface area contributed by atoms with E-state index < -0.39 is 5.60 Å². The van der Waals surface area contributed by atoms with Gasteiger partial charge in [-0.25, -0.2) is 0 Å². The van der Waals surface area contributed by atoms with Gasteiger partial charge in [-0.05, 0) is 72.8 Å². The second-order valence-electron chi connectivity index (χ2n) is 7.42. The fourth-order valence-electron chi connectivity index (χ4n) is 5.21. The zero-order valence-electron chi connectivity index (χ0n) is 13.0. The number of aryl methyl sites for hydroxylation is 1. The van der Waals surface area contributed by atoms with Crippen molar-refractivity contribution in [1.29, 1.82) is 0 Å². The van der Waals surface area contributed by atoms with E-state index in [2.05, 4.69) is 18.9 Å². The van der Waals surface area contributed by atoms with Crippen LogP contribution in [0.15, 0.2) is 24.3 Å². The van der Waals surface area contributed by atoms with Crippen LogP contribution in [0, 0.1) is 29.6 Å². The highest BCUT2D eigenvalue weighted by molar-refractivity contribution is 5.74. The Labute approximate surface area is 131 Å². The lowest BCUT2D eigenvalue weighted by molar-refractivity contribution is -0.0299. The molecule has 0 aliphatic heterocycles. The van der Waals surface area contributed by atoms with Gasteiger partial charge in [-0.3, -0.25) is 0 Å². The zero-order valence-corrected chi connectivity index (χ0v) is 13.0. The first-order chi connectivity index (χ1) is 10.5. The number of rotatable bonds is 0. The molecule has 3 aliphatic rings. The maximum absolute atomic E-state index is 10.9. The number of hydrogen-bond acceptors (Lipinski definition) is 2. The fraction of sp³-hybridized carbons (Fsp3) is 0.500. The van der Waals surface area contributed by atoms with Crippen molar-refractivity contribution in [2.24, 2.45) is 17.3 Å². The van der Waals surface area contributed by atoms with Crippen molar-refractivity contribution in [2.75, 3.05) is 0 Å². The molecule has 1 fully saturated rings. The molecule has 2 N–H and O–H groups in total. The van der Waals surface area contributed by atoms with Crippen LogP contribution in [0.3, 0.4) is 0 Å². The van der Waals surface area contributed by atoms with Gasteiger partial charge in [0.25, 0.3) is 0 Å². The average Bonchev–Trinajstić information content (AvgIpc) is 2.79. The lowest BCUT2D eigenvalue weighted by Gasteiger charge is -2.48. The molecule has 4 rings (SSSR count). The first kappa shape index (κ1) is 13.9. The van der Waals surface area contributed by atoms with Crippen molar-refractivity contribution < 1.29 is 10.2 Å². The number of terminal acetylenes is 1. The number of allylic oxidation sites excluding steroid dienone is 2. The zero-order chi connectivity index (χ0) is 15.5. The van der Waals surface area contributed by atoms with Gasteiger partial charge >= 0.3 is 0 Å². The average molecular weight is 294 g/mol. The van der Waals surface area contributed by atoms with Crippen LogP contribution < -0.4 is 0 Å². The number of aliphatic hydroxyl groups is 1. The molecule has 0 bridgehead atoms. The molecule has 0 radical (unpaired) electrons. The summed E-state index contributed by atoms with van der Waals surface area (Å²) in [4.78, 5) is 0. The number of fused-ring (bicyclic) bond motifs is 5. The summed E-state index contributed by atoms with van der Waals surface area (Å²) in [6.07, 6.45) is 12.6. The Hall–Kier alpha value is -1.72. The summed E-state index contributed by atoms with van der Waals surface area (Å²) < 4.78 is 0. The van der Waals surface area contributed by atoms with E-state index in [4.69, 9.17) is 6.42 Å². The molecule has 0 amide bonds. The molecule has 22 heavy (non-hydrogen) atoms. The Morgan fingerprint density at radius 1 is 1.32 bits per heavy atom. The number of hydrogen-bond donors (Lipinski definition) is 2. The lowest BCUT2D eigenvalue weighted by Crippen LogP contribution is -2.47. The Balaban J connectivity index is 1.80. The van der Waals surface area contributed by atoms with Crippen molar-refractivity contribution in [3.05, 3.63) is 35.4 Å².